The summed E-state index contributed by atoms with van der Waals surface area (Å²) < 4.78 is 0. The van der Waals surface area contributed by atoms with Crippen LogP contribution >= 0.6 is 11.6 Å². The van der Waals surface area contributed by atoms with Crippen molar-refractivity contribution >= 4 is 28.9 Å². The highest BCUT2D eigenvalue weighted by Gasteiger charge is 2.13. The van der Waals surface area contributed by atoms with E-state index in [9.17, 15) is 4.79 Å². The van der Waals surface area contributed by atoms with Gasteiger partial charge in [-0.05, 0) is 30.7 Å². The van der Waals surface area contributed by atoms with Gasteiger partial charge in [-0.2, -0.15) is 0 Å². The van der Waals surface area contributed by atoms with Gasteiger partial charge in [-0.25, -0.2) is 0 Å². The number of nitrogens with two attached hydrogens (primary N) is 1. The van der Waals surface area contributed by atoms with Crippen LogP contribution in [0.25, 0.3) is 0 Å². The van der Waals surface area contributed by atoms with Crippen molar-refractivity contribution in [3.63, 3.8) is 0 Å². The largest absolute Gasteiger partial charge is 0.398 e. The van der Waals surface area contributed by atoms with E-state index in [4.69, 9.17) is 22.7 Å². The highest BCUT2D eigenvalue weighted by Crippen LogP contribution is 2.18. The van der Waals surface area contributed by atoms with Crippen LogP contribution in [0, 0.1) is 5.41 Å². The number of nitrogens with one attached hydrogen (secondary N) is 2. The van der Waals surface area contributed by atoms with Crippen molar-refractivity contribution in [3.05, 3.63) is 64.2 Å². The molecule has 0 heterocycles. The second-order valence-corrected chi connectivity index (χ2v) is 5.14. The number of hydrogen-bond acceptors (Lipinski definition) is 3. The van der Waals surface area contributed by atoms with Gasteiger partial charge >= 0.3 is 0 Å². The summed E-state index contributed by atoms with van der Waals surface area (Å²) in [4.78, 5) is 12.2. The molecule has 4 N–H and O–H groups in total. The molecule has 122 valence electrons. The lowest BCUT2D eigenvalue weighted by atomic mass is 10.0. The minimum atomic E-state index is -0.259. The van der Waals surface area contributed by atoms with Gasteiger partial charge < -0.3 is 16.5 Å². The smallest absolute Gasteiger partial charge is 0.253 e. The van der Waals surface area contributed by atoms with Crippen LogP contribution in [0.3, 0.4) is 0 Å². The zero-order valence-corrected chi connectivity index (χ0v) is 14.4. The Kier molecular flexibility index (Phi) is 7.29. The zero-order chi connectivity index (χ0) is 17.4. The Balaban J connectivity index is 0.00000127. The van der Waals surface area contributed by atoms with Crippen LogP contribution in [0.2, 0.25) is 5.02 Å². The van der Waals surface area contributed by atoms with Crippen LogP contribution in [0.4, 0.5) is 5.69 Å². The molecule has 0 saturated carbocycles. The van der Waals surface area contributed by atoms with Gasteiger partial charge in [-0.3, -0.25) is 4.79 Å². The minimum absolute atomic E-state index is 0.259. The molecule has 0 unspecified atom stereocenters. The maximum atomic E-state index is 12.2. The number of para-hydroxylation sites is 1. The van der Waals surface area contributed by atoms with Gasteiger partial charge in [0.05, 0.1) is 11.3 Å². The van der Waals surface area contributed by atoms with Gasteiger partial charge in [0.15, 0.2) is 0 Å². The van der Waals surface area contributed by atoms with Crippen molar-refractivity contribution in [2.24, 2.45) is 0 Å². The fourth-order valence-electron chi connectivity index (χ4n) is 1.97. The number of rotatable bonds is 4. The summed E-state index contributed by atoms with van der Waals surface area (Å²) in [6.45, 7) is 6.03. The summed E-state index contributed by atoms with van der Waals surface area (Å²) in [5, 5.41) is 11.1. The number of anilines is 1. The van der Waals surface area contributed by atoms with E-state index < -0.39 is 0 Å². The SMILES string of the molecule is CC.CC(=N)c1cccc(C(=O)NCc2ccc(Cl)cc2)c1N. The first kappa shape index (κ1) is 18.7. The normalized spacial score (nSPS) is 9.57. The summed E-state index contributed by atoms with van der Waals surface area (Å²) in [6, 6.07) is 12.4. The Hall–Kier alpha value is -2.33. The van der Waals surface area contributed by atoms with Gasteiger partial charge in [-0.1, -0.05) is 49.7 Å². The summed E-state index contributed by atoms with van der Waals surface area (Å²) in [5.41, 5.74) is 8.53. The highest BCUT2D eigenvalue weighted by atomic mass is 35.5. The van der Waals surface area contributed by atoms with E-state index >= 15 is 0 Å². The van der Waals surface area contributed by atoms with E-state index in [1.165, 1.54) is 0 Å². The summed E-state index contributed by atoms with van der Waals surface area (Å²) in [6.07, 6.45) is 0. The number of carbonyl (C=O) groups is 1. The lowest BCUT2D eigenvalue weighted by Crippen LogP contribution is -2.24. The number of nitrogen functional groups attached to an aromatic ring is 1. The molecule has 0 aliphatic carbocycles. The zero-order valence-electron chi connectivity index (χ0n) is 13.6. The fraction of sp³-hybridized carbons (Fsp3) is 0.222. The number of amides is 1. The van der Waals surface area contributed by atoms with Crippen molar-refractivity contribution in [1.82, 2.24) is 5.32 Å². The lowest BCUT2D eigenvalue weighted by Gasteiger charge is -2.11. The fourth-order valence-corrected chi connectivity index (χ4v) is 2.10. The van der Waals surface area contributed by atoms with E-state index in [1.54, 1.807) is 37.3 Å². The second kappa shape index (κ2) is 8.96. The van der Waals surface area contributed by atoms with Crippen molar-refractivity contribution in [3.8, 4) is 0 Å². The maximum absolute atomic E-state index is 12.2. The Morgan fingerprint density at radius 2 is 1.70 bits per heavy atom. The first-order chi connectivity index (χ1) is 11.0. The maximum Gasteiger partial charge on any atom is 0.253 e. The van der Waals surface area contributed by atoms with Gasteiger partial charge in [0.2, 0.25) is 0 Å². The predicted molar refractivity (Wildman–Crippen MR) is 97.3 cm³/mol. The van der Waals surface area contributed by atoms with Gasteiger partial charge in [-0.15, -0.1) is 0 Å². The quantitative estimate of drug-likeness (QED) is 0.578. The van der Waals surface area contributed by atoms with E-state index in [0.717, 1.165) is 5.56 Å². The molecule has 0 radical (unpaired) electrons. The number of hydrogen-bond donors (Lipinski definition) is 3. The molecule has 0 aromatic heterocycles. The van der Waals surface area contributed by atoms with Gasteiger partial charge in [0.1, 0.15) is 0 Å². The molecule has 5 heteroatoms. The van der Waals surface area contributed by atoms with Gasteiger partial charge in [0, 0.05) is 22.8 Å². The van der Waals surface area contributed by atoms with Crippen LogP contribution in [0.15, 0.2) is 42.5 Å². The van der Waals surface area contributed by atoms with Gasteiger partial charge in [0.25, 0.3) is 5.91 Å². The van der Waals surface area contributed by atoms with Crippen LogP contribution in [0.1, 0.15) is 42.3 Å². The summed E-state index contributed by atoms with van der Waals surface area (Å²) in [7, 11) is 0. The lowest BCUT2D eigenvalue weighted by molar-refractivity contribution is 0.0952. The molecule has 0 bridgehead atoms. The van der Waals surface area contributed by atoms with E-state index in [0.29, 0.717) is 34.1 Å². The van der Waals surface area contributed by atoms with E-state index in [-0.39, 0.29) is 5.91 Å². The number of carbonyl (C=O) groups excluding carboxylic acids is 1. The topological polar surface area (TPSA) is 79.0 Å². The Morgan fingerprint density at radius 1 is 1.13 bits per heavy atom. The monoisotopic (exact) mass is 331 g/mol. The molecule has 2 rings (SSSR count). The average Bonchev–Trinajstić information content (AvgIpc) is 2.56. The average molecular weight is 332 g/mol. The molecule has 23 heavy (non-hydrogen) atoms. The molecular formula is C18H22ClN3O. The molecule has 4 nitrogen and oxygen atoms in total. The van der Waals surface area contributed by atoms with Crippen molar-refractivity contribution in [1.29, 1.82) is 5.41 Å². The van der Waals surface area contributed by atoms with Crippen LogP contribution < -0.4 is 11.1 Å². The summed E-state index contributed by atoms with van der Waals surface area (Å²) >= 11 is 5.81. The van der Waals surface area contributed by atoms with Crippen molar-refractivity contribution in [2.75, 3.05) is 5.73 Å². The Bertz CT molecular complexity index is 681. The molecule has 2 aromatic carbocycles. The Labute approximate surface area is 142 Å². The van der Waals surface area contributed by atoms with E-state index in [1.807, 2.05) is 26.0 Å². The third kappa shape index (κ3) is 5.11. The molecule has 0 aliphatic rings. The molecule has 0 spiro atoms. The number of benzene rings is 2. The third-order valence-corrected chi connectivity index (χ3v) is 3.37. The van der Waals surface area contributed by atoms with Crippen molar-refractivity contribution in [2.45, 2.75) is 27.3 Å². The first-order valence-corrected chi connectivity index (χ1v) is 7.83. The number of halogens is 1. The minimum Gasteiger partial charge on any atom is -0.398 e. The second-order valence-electron chi connectivity index (χ2n) is 4.70. The molecule has 2 aromatic rings. The highest BCUT2D eigenvalue weighted by molar-refractivity contribution is 6.30. The van der Waals surface area contributed by atoms with Crippen molar-refractivity contribution < 1.29 is 4.79 Å². The first-order valence-electron chi connectivity index (χ1n) is 7.45. The molecule has 1 amide bonds. The van der Waals surface area contributed by atoms with Crippen LogP contribution in [-0.4, -0.2) is 11.6 Å². The van der Waals surface area contributed by atoms with Crippen LogP contribution in [0.5, 0.6) is 0 Å². The molecular weight excluding hydrogens is 310 g/mol. The standard InChI is InChI=1S/C16H16ClN3O.C2H6/c1-10(18)13-3-2-4-14(15(13)19)16(21)20-9-11-5-7-12(17)8-6-11;1-2/h2-8,18H,9,19H2,1H3,(H,20,21);1-2H3. The molecule has 0 saturated heterocycles. The molecule has 0 aliphatic heterocycles. The predicted octanol–water partition coefficient (Wildman–Crippen LogP) is 4.27. The molecule has 0 fully saturated rings. The Morgan fingerprint density at radius 3 is 2.26 bits per heavy atom. The third-order valence-electron chi connectivity index (χ3n) is 3.12. The van der Waals surface area contributed by atoms with E-state index in [2.05, 4.69) is 5.32 Å². The summed E-state index contributed by atoms with van der Waals surface area (Å²) in [5.74, 6) is -0.259. The molecule has 0 atom stereocenters. The van der Waals surface area contributed by atoms with Crippen LogP contribution in [-0.2, 0) is 6.54 Å².